The lowest BCUT2D eigenvalue weighted by atomic mass is 10.2. The first-order chi connectivity index (χ1) is 16.1. The molecule has 0 fully saturated rings. The van der Waals surface area contributed by atoms with Crippen molar-refractivity contribution in [2.24, 2.45) is 0 Å². The molecule has 0 spiro atoms. The molecule has 33 heavy (non-hydrogen) atoms. The van der Waals surface area contributed by atoms with Gasteiger partial charge in [-0.25, -0.2) is 4.79 Å². The second-order valence-corrected chi connectivity index (χ2v) is 11.7. The predicted octanol–water partition coefficient (Wildman–Crippen LogP) is 8.01. The summed E-state index contributed by atoms with van der Waals surface area (Å²) in [7, 11) is -2.80. The minimum absolute atomic E-state index is 0.346. The van der Waals surface area contributed by atoms with Crippen LogP contribution in [0.2, 0.25) is 6.04 Å². The number of unbranched alkanes of at least 4 members (excludes halogenated alkanes) is 12. The first-order valence-electron chi connectivity index (χ1n) is 13.8. The van der Waals surface area contributed by atoms with E-state index in [9.17, 15) is 4.79 Å². The minimum atomic E-state index is -2.80. The van der Waals surface area contributed by atoms with Crippen molar-refractivity contribution < 1.29 is 22.8 Å². The average Bonchev–Trinajstić information content (AvgIpc) is 2.83. The van der Waals surface area contributed by atoms with Gasteiger partial charge in [0.1, 0.15) is 0 Å². The number of hydrogen-bond acceptors (Lipinski definition) is 5. The fraction of sp³-hybridized carbons (Fsp3) is 0.889. The quantitative estimate of drug-likeness (QED) is 0.0536. The van der Waals surface area contributed by atoms with E-state index in [-0.39, 0.29) is 5.97 Å². The summed E-state index contributed by atoms with van der Waals surface area (Å²) < 4.78 is 24.5. The van der Waals surface area contributed by atoms with Gasteiger partial charge in [0.05, 0.1) is 6.61 Å². The van der Waals surface area contributed by atoms with E-state index in [1.807, 2.05) is 0 Å². The third-order valence-corrected chi connectivity index (χ3v) is 8.65. The number of rotatable bonds is 26. The summed E-state index contributed by atoms with van der Waals surface area (Å²) >= 11 is 0. The van der Waals surface area contributed by atoms with E-state index >= 15 is 0 Å². The Balaban J connectivity index is 4.84. The lowest BCUT2D eigenvalue weighted by Crippen LogP contribution is -2.47. The van der Waals surface area contributed by atoms with Gasteiger partial charge in [-0.2, -0.15) is 0 Å². The van der Waals surface area contributed by atoms with Crippen LogP contribution in [0.25, 0.3) is 0 Å². The molecule has 0 aromatic carbocycles. The van der Waals surface area contributed by atoms with Crippen LogP contribution < -0.4 is 0 Å². The molecule has 0 rings (SSSR count). The molecule has 5 nitrogen and oxygen atoms in total. The van der Waals surface area contributed by atoms with Gasteiger partial charge < -0.3 is 18.0 Å². The lowest BCUT2D eigenvalue weighted by Gasteiger charge is -2.30. The highest BCUT2D eigenvalue weighted by atomic mass is 28.4. The lowest BCUT2D eigenvalue weighted by molar-refractivity contribution is -0.137. The van der Waals surface area contributed by atoms with Crippen LogP contribution in [0.4, 0.5) is 0 Å². The Morgan fingerprint density at radius 2 is 1.00 bits per heavy atom. The second-order valence-electron chi connectivity index (χ2n) is 8.95. The molecule has 0 saturated carbocycles. The summed E-state index contributed by atoms with van der Waals surface area (Å²) in [5, 5.41) is 0. The molecule has 0 atom stereocenters. The number of esters is 1. The Hall–Kier alpha value is -0.693. The molecule has 0 aromatic heterocycles. The molecule has 6 heteroatoms. The van der Waals surface area contributed by atoms with Crippen molar-refractivity contribution in [1.29, 1.82) is 0 Å². The minimum Gasteiger partial charge on any atom is -0.463 e. The maximum Gasteiger partial charge on any atom is 0.501 e. The van der Waals surface area contributed by atoms with Gasteiger partial charge in [-0.1, -0.05) is 104 Å². The van der Waals surface area contributed by atoms with Crippen molar-refractivity contribution >= 4 is 14.8 Å². The van der Waals surface area contributed by atoms with Crippen LogP contribution in [0.3, 0.4) is 0 Å². The maximum absolute atomic E-state index is 11.4. The third-order valence-electron chi connectivity index (χ3n) is 5.75. The van der Waals surface area contributed by atoms with E-state index in [0.29, 0.717) is 38.9 Å². The van der Waals surface area contributed by atoms with Gasteiger partial charge in [-0.3, -0.25) is 0 Å². The van der Waals surface area contributed by atoms with Crippen molar-refractivity contribution in [2.45, 2.75) is 130 Å². The van der Waals surface area contributed by atoms with Gasteiger partial charge in [-0.15, -0.1) is 0 Å². The monoisotopic (exact) mass is 486 g/mol. The number of ether oxygens (including phenoxy) is 1. The Labute approximate surface area is 206 Å². The fourth-order valence-electron chi connectivity index (χ4n) is 3.66. The van der Waals surface area contributed by atoms with Crippen molar-refractivity contribution in [3.05, 3.63) is 12.7 Å². The summed E-state index contributed by atoms with van der Waals surface area (Å²) in [6.07, 6.45) is 19.9. The normalized spacial score (nSPS) is 11.6. The highest BCUT2D eigenvalue weighted by Crippen LogP contribution is 2.21. The molecule has 0 N–H and O–H groups in total. The predicted molar refractivity (Wildman–Crippen MR) is 140 cm³/mol. The highest BCUT2D eigenvalue weighted by Gasteiger charge is 2.40. The summed E-state index contributed by atoms with van der Waals surface area (Å²) in [6.45, 7) is 12.6. The Kier molecular flexibility index (Phi) is 23.9. The van der Waals surface area contributed by atoms with Crippen LogP contribution in [0, 0.1) is 0 Å². The average molecular weight is 487 g/mol. The van der Waals surface area contributed by atoms with Crippen LogP contribution in [0.15, 0.2) is 12.7 Å². The molecule has 0 aliphatic rings. The zero-order valence-corrected chi connectivity index (χ0v) is 23.2. The zero-order valence-electron chi connectivity index (χ0n) is 22.2. The maximum atomic E-state index is 11.4. The molecule has 0 unspecified atom stereocenters. The Morgan fingerprint density at radius 1 is 0.606 bits per heavy atom. The van der Waals surface area contributed by atoms with Crippen LogP contribution in [0.5, 0.6) is 0 Å². The molecule has 0 amide bonds. The fourth-order valence-corrected chi connectivity index (χ4v) is 6.29. The SMILES string of the molecule is C=CC(=O)OCCC[Si](OCCCCCCC)(OCCCCCCC)OCCCCCCC. The molecular formula is C27H54O5Si. The van der Waals surface area contributed by atoms with Crippen molar-refractivity contribution in [2.75, 3.05) is 26.4 Å². The molecule has 0 radical (unpaired) electrons. The number of hydrogen-bond donors (Lipinski definition) is 0. The second kappa shape index (κ2) is 24.4. The standard InChI is InChI=1S/C27H54O5Si/c1-5-9-12-15-18-23-30-33(26-21-22-29-27(28)8-4,31-24-19-16-13-10-6-2)32-25-20-17-14-11-7-3/h8H,4-7,9-26H2,1-3H3. The van der Waals surface area contributed by atoms with E-state index in [4.69, 9.17) is 18.0 Å². The largest absolute Gasteiger partial charge is 0.501 e. The molecule has 0 bridgehead atoms. The van der Waals surface area contributed by atoms with Crippen molar-refractivity contribution in [3.8, 4) is 0 Å². The Bertz CT molecular complexity index is 403. The smallest absolute Gasteiger partial charge is 0.463 e. The topological polar surface area (TPSA) is 54.0 Å². The van der Waals surface area contributed by atoms with E-state index in [1.165, 1.54) is 83.1 Å². The summed E-state index contributed by atoms with van der Waals surface area (Å²) in [5.74, 6) is -0.382. The van der Waals surface area contributed by atoms with Gasteiger partial charge in [0.15, 0.2) is 0 Å². The highest BCUT2D eigenvalue weighted by molar-refractivity contribution is 6.60. The third kappa shape index (κ3) is 20.4. The summed E-state index contributed by atoms with van der Waals surface area (Å²) in [6, 6.07) is 0.691. The van der Waals surface area contributed by atoms with Crippen LogP contribution >= 0.6 is 0 Å². The van der Waals surface area contributed by atoms with Crippen molar-refractivity contribution in [1.82, 2.24) is 0 Å². The van der Waals surface area contributed by atoms with Crippen LogP contribution in [-0.2, 0) is 22.8 Å². The first-order valence-corrected chi connectivity index (χ1v) is 15.8. The van der Waals surface area contributed by atoms with Crippen LogP contribution in [0.1, 0.15) is 124 Å². The zero-order chi connectivity index (χ0) is 24.5. The molecule has 0 aliphatic carbocycles. The summed E-state index contributed by atoms with van der Waals surface area (Å²) in [5.41, 5.74) is 0. The summed E-state index contributed by atoms with van der Waals surface area (Å²) in [4.78, 5) is 11.4. The molecule has 0 saturated heterocycles. The van der Waals surface area contributed by atoms with Crippen LogP contribution in [-0.4, -0.2) is 41.2 Å². The number of carbonyl (C=O) groups excluding carboxylic acids is 1. The van der Waals surface area contributed by atoms with Gasteiger partial charge in [0, 0.05) is 31.9 Å². The van der Waals surface area contributed by atoms with Gasteiger partial charge in [0.2, 0.25) is 0 Å². The van der Waals surface area contributed by atoms with Gasteiger partial charge in [-0.05, 0) is 25.7 Å². The van der Waals surface area contributed by atoms with E-state index in [1.54, 1.807) is 0 Å². The van der Waals surface area contributed by atoms with E-state index < -0.39 is 8.80 Å². The van der Waals surface area contributed by atoms with Gasteiger partial charge in [0.25, 0.3) is 0 Å². The van der Waals surface area contributed by atoms with Gasteiger partial charge >= 0.3 is 14.8 Å². The molecule has 0 heterocycles. The molecule has 0 aliphatic heterocycles. The first kappa shape index (κ1) is 32.3. The molecule has 196 valence electrons. The van der Waals surface area contributed by atoms with Crippen molar-refractivity contribution in [3.63, 3.8) is 0 Å². The number of carbonyl (C=O) groups is 1. The molecule has 0 aromatic rings. The van der Waals surface area contributed by atoms with E-state index in [2.05, 4.69) is 27.4 Å². The molecular weight excluding hydrogens is 432 g/mol. The van der Waals surface area contributed by atoms with E-state index in [0.717, 1.165) is 19.3 Å². The Morgan fingerprint density at radius 3 is 1.36 bits per heavy atom.